The minimum Gasteiger partial charge on any atom is -0.507 e. The first kappa shape index (κ1) is 20.0. The fourth-order valence-corrected chi connectivity index (χ4v) is 3.60. The van der Waals surface area contributed by atoms with Crippen LogP contribution in [-0.4, -0.2) is 51.0 Å². The number of aromatic hydroxyl groups is 1. The number of aliphatic hydroxyl groups excluding tert-OH is 1. The van der Waals surface area contributed by atoms with Crippen LogP contribution in [0.15, 0.2) is 30.3 Å². The van der Waals surface area contributed by atoms with E-state index >= 15 is 0 Å². The van der Waals surface area contributed by atoms with Gasteiger partial charge in [-0.1, -0.05) is 19.9 Å². The molecule has 0 atom stereocenters. The van der Waals surface area contributed by atoms with Crippen LogP contribution in [0.5, 0.6) is 11.5 Å². The summed E-state index contributed by atoms with van der Waals surface area (Å²) in [5.74, 6) is 1.47. The molecule has 0 aliphatic carbocycles. The lowest BCUT2D eigenvalue weighted by Gasteiger charge is -2.16. The number of phenols is 1. The van der Waals surface area contributed by atoms with E-state index in [9.17, 15) is 9.90 Å². The molecular weight excluding hydrogens is 384 g/mol. The standard InChI is InChI=1S/C22H26N4O4/c1-13(2)10-23-21-17-8-18(20(28)9-19(17)24-25-21)22(29)26-11-14-3-4-16(30-6-5-27)7-15(14)12-26/h3-4,7-9,13,27-28H,5-6,10-12H2,1-2H3,(H2,23,24,25). The highest BCUT2D eigenvalue weighted by Crippen LogP contribution is 2.32. The van der Waals surface area contributed by atoms with Crippen molar-refractivity contribution in [2.24, 2.45) is 5.92 Å². The van der Waals surface area contributed by atoms with Gasteiger partial charge in [0.15, 0.2) is 5.82 Å². The Morgan fingerprint density at radius 2 is 2.07 bits per heavy atom. The van der Waals surface area contributed by atoms with Gasteiger partial charge in [-0.05, 0) is 35.2 Å². The topological polar surface area (TPSA) is 111 Å². The minimum absolute atomic E-state index is 0.0501. The predicted octanol–water partition coefficient (Wildman–Crippen LogP) is 2.86. The van der Waals surface area contributed by atoms with Crippen LogP contribution in [0.25, 0.3) is 10.9 Å². The summed E-state index contributed by atoms with van der Waals surface area (Å²) in [6, 6.07) is 8.90. The number of aromatic amines is 1. The van der Waals surface area contributed by atoms with Gasteiger partial charge in [-0.15, -0.1) is 0 Å². The van der Waals surface area contributed by atoms with Crippen molar-refractivity contribution < 1.29 is 19.7 Å². The second-order valence-corrected chi connectivity index (χ2v) is 7.93. The van der Waals surface area contributed by atoms with Gasteiger partial charge in [0, 0.05) is 31.1 Å². The number of nitrogens with zero attached hydrogens (tertiary/aromatic N) is 2. The molecule has 1 aromatic heterocycles. The molecule has 30 heavy (non-hydrogen) atoms. The molecule has 8 nitrogen and oxygen atoms in total. The van der Waals surface area contributed by atoms with E-state index in [0.29, 0.717) is 36.1 Å². The predicted molar refractivity (Wildman–Crippen MR) is 114 cm³/mol. The number of phenolic OH excluding ortho intramolecular Hbond substituents is 1. The third-order valence-corrected chi connectivity index (χ3v) is 5.13. The number of anilines is 1. The van der Waals surface area contributed by atoms with Gasteiger partial charge in [0.05, 0.1) is 17.7 Å². The zero-order valence-electron chi connectivity index (χ0n) is 17.1. The number of hydrogen-bond donors (Lipinski definition) is 4. The highest BCUT2D eigenvalue weighted by Gasteiger charge is 2.27. The average Bonchev–Trinajstić information content (AvgIpc) is 3.32. The monoisotopic (exact) mass is 410 g/mol. The number of fused-ring (bicyclic) bond motifs is 2. The van der Waals surface area contributed by atoms with Crippen LogP contribution in [0.1, 0.15) is 35.3 Å². The molecule has 0 fully saturated rings. The fourth-order valence-electron chi connectivity index (χ4n) is 3.60. The number of aliphatic hydroxyl groups is 1. The summed E-state index contributed by atoms with van der Waals surface area (Å²) in [5, 5.41) is 30.6. The summed E-state index contributed by atoms with van der Waals surface area (Å²) in [7, 11) is 0. The quantitative estimate of drug-likeness (QED) is 0.477. The Labute approximate surface area is 174 Å². The molecule has 0 saturated heterocycles. The number of rotatable bonds is 7. The highest BCUT2D eigenvalue weighted by molar-refractivity contribution is 6.03. The Hall–Kier alpha value is -3.26. The molecular formula is C22H26N4O4. The molecule has 4 N–H and O–H groups in total. The first-order valence-electron chi connectivity index (χ1n) is 10.1. The maximum Gasteiger partial charge on any atom is 0.258 e. The van der Waals surface area contributed by atoms with Crippen LogP contribution >= 0.6 is 0 Å². The lowest BCUT2D eigenvalue weighted by Crippen LogP contribution is -2.25. The Balaban J connectivity index is 1.56. The number of ether oxygens (including phenoxy) is 1. The Morgan fingerprint density at radius 1 is 1.27 bits per heavy atom. The van der Waals surface area contributed by atoms with Crippen molar-refractivity contribution in [3.05, 3.63) is 47.0 Å². The molecule has 0 spiro atoms. The highest BCUT2D eigenvalue weighted by atomic mass is 16.5. The molecule has 1 amide bonds. The van der Waals surface area contributed by atoms with Crippen molar-refractivity contribution in [2.75, 3.05) is 25.1 Å². The third-order valence-electron chi connectivity index (χ3n) is 5.13. The smallest absolute Gasteiger partial charge is 0.258 e. The number of hydrogen-bond acceptors (Lipinski definition) is 6. The van der Waals surface area contributed by atoms with Gasteiger partial charge in [0.25, 0.3) is 5.91 Å². The zero-order chi connectivity index (χ0) is 21.3. The number of aromatic nitrogens is 2. The van der Waals surface area contributed by atoms with Crippen LogP contribution in [0.3, 0.4) is 0 Å². The Morgan fingerprint density at radius 3 is 2.83 bits per heavy atom. The second kappa shape index (κ2) is 8.23. The van der Waals surface area contributed by atoms with Crippen LogP contribution in [0.4, 0.5) is 5.82 Å². The van der Waals surface area contributed by atoms with Gasteiger partial charge >= 0.3 is 0 Å². The molecule has 4 rings (SSSR count). The van der Waals surface area contributed by atoms with Crippen LogP contribution in [-0.2, 0) is 13.1 Å². The number of carbonyl (C=O) groups excluding carboxylic acids is 1. The van der Waals surface area contributed by atoms with E-state index in [2.05, 4.69) is 29.4 Å². The molecule has 0 radical (unpaired) electrons. The summed E-state index contributed by atoms with van der Waals surface area (Å²) in [4.78, 5) is 14.9. The third kappa shape index (κ3) is 3.91. The lowest BCUT2D eigenvalue weighted by atomic mass is 10.1. The number of H-pyrrole nitrogens is 1. The van der Waals surface area contributed by atoms with Gasteiger partial charge in [0.1, 0.15) is 18.1 Å². The van der Waals surface area contributed by atoms with Gasteiger partial charge in [-0.2, -0.15) is 5.10 Å². The van der Waals surface area contributed by atoms with Gasteiger partial charge in [-0.25, -0.2) is 0 Å². The number of benzene rings is 2. The van der Waals surface area contributed by atoms with Crippen molar-refractivity contribution in [1.29, 1.82) is 0 Å². The minimum atomic E-state index is -0.237. The van der Waals surface area contributed by atoms with Gasteiger partial charge in [0.2, 0.25) is 0 Å². The maximum absolute atomic E-state index is 13.2. The van der Waals surface area contributed by atoms with Crippen molar-refractivity contribution >= 4 is 22.6 Å². The number of amides is 1. The normalized spacial score (nSPS) is 13.1. The Bertz CT molecular complexity index is 1080. The Kier molecular flexibility index (Phi) is 5.50. The summed E-state index contributed by atoms with van der Waals surface area (Å²) in [5.41, 5.74) is 2.97. The van der Waals surface area contributed by atoms with E-state index in [4.69, 9.17) is 9.84 Å². The largest absolute Gasteiger partial charge is 0.507 e. The molecule has 2 heterocycles. The molecule has 158 valence electrons. The molecule has 0 bridgehead atoms. The molecule has 1 aliphatic heterocycles. The van der Waals surface area contributed by atoms with E-state index in [1.165, 1.54) is 0 Å². The van der Waals surface area contributed by atoms with E-state index < -0.39 is 0 Å². The summed E-state index contributed by atoms with van der Waals surface area (Å²) < 4.78 is 5.46. The van der Waals surface area contributed by atoms with E-state index in [1.54, 1.807) is 17.0 Å². The first-order valence-corrected chi connectivity index (χ1v) is 10.1. The summed E-state index contributed by atoms with van der Waals surface area (Å²) in [6.07, 6.45) is 0. The first-order chi connectivity index (χ1) is 14.5. The van der Waals surface area contributed by atoms with Crippen LogP contribution in [0, 0.1) is 5.92 Å². The van der Waals surface area contributed by atoms with Crippen molar-refractivity contribution in [1.82, 2.24) is 15.1 Å². The molecule has 8 heteroatoms. The lowest BCUT2D eigenvalue weighted by molar-refractivity contribution is 0.0748. The molecule has 3 aromatic rings. The van der Waals surface area contributed by atoms with Gasteiger partial charge in [-0.3, -0.25) is 9.89 Å². The average molecular weight is 410 g/mol. The van der Waals surface area contributed by atoms with Crippen molar-refractivity contribution in [2.45, 2.75) is 26.9 Å². The molecule has 0 unspecified atom stereocenters. The van der Waals surface area contributed by atoms with E-state index in [1.807, 2.05) is 18.2 Å². The SMILES string of the molecule is CC(C)CNc1n[nH]c2cc(O)c(C(=O)N3Cc4ccc(OCCO)cc4C3)cc12. The summed E-state index contributed by atoms with van der Waals surface area (Å²) in [6.45, 7) is 6.05. The maximum atomic E-state index is 13.2. The van der Waals surface area contributed by atoms with E-state index in [0.717, 1.165) is 23.1 Å². The van der Waals surface area contributed by atoms with Crippen molar-refractivity contribution in [3.63, 3.8) is 0 Å². The van der Waals surface area contributed by atoms with E-state index in [-0.39, 0.29) is 30.4 Å². The number of carbonyl (C=O) groups is 1. The van der Waals surface area contributed by atoms with Gasteiger partial charge < -0.3 is 25.2 Å². The van der Waals surface area contributed by atoms with Crippen LogP contribution in [0.2, 0.25) is 0 Å². The number of nitrogens with one attached hydrogen (secondary N) is 2. The van der Waals surface area contributed by atoms with Crippen molar-refractivity contribution in [3.8, 4) is 11.5 Å². The summed E-state index contributed by atoms with van der Waals surface area (Å²) >= 11 is 0. The molecule has 0 saturated carbocycles. The fraction of sp³-hybridized carbons (Fsp3) is 0.364. The molecule has 1 aliphatic rings. The molecule has 2 aromatic carbocycles. The zero-order valence-corrected chi connectivity index (χ0v) is 17.1. The van der Waals surface area contributed by atoms with Crippen LogP contribution < -0.4 is 10.1 Å². The second-order valence-electron chi connectivity index (χ2n) is 7.93.